The zero-order valence-corrected chi connectivity index (χ0v) is 11.7. The van der Waals surface area contributed by atoms with Gasteiger partial charge in [0.1, 0.15) is 5.82 Å². The minimum atomic E-state index is -2.10. The molecule has 6 heteroatoms. The summed E-state index contributed by atoms with van der Waals surface area (Å²) in [6, 6.07) is 0. The molecule has 0 spiro atoms. The van der Waals surface area contributed by atoms with Crippen LogP contribution in [0, 0.1) is 0 Å². The van der Waals surface area contributed by atoms with Gasteiger partial charge in [0.2, 0.25) is 0 Å². The van der Waals surface area contributed by atoms with Crippen molar-refractivity contribution in [2.24, 2.45) is 0 Å². The van der Waals surface area contributed by atoms with Crippen LogP contribution in [0.5, 0.6) is 0 Å². The van der Waals surface area contributed by atoms with Crippen molar-refractivity contribution in [3.05, 3.63) is 17.7 Å². The Hall–Kier alpha value is -0.480. The van der Waals surface area contributed by atoms with Crippen LogP contribution in [-0.2, 0) is 17.4 Å². The molecule has 1 heterocycles. The van der Waals surface area contributed by atoms with Gasteiger partial charge in [0, 0.05) is 12.6 Å². The minimum Gasteiger partial charge on any atom is -0.348 e. The fourth-order valence-electron chi connectivity index (χ4n) is 1.19. The van der Waals surface area contributed by atoms with Crippen LogP contribution in [0.3, 0.4) is 0 Å². The normalized spacial score (nSPS) is 10.2. The molecule has 0 saturated heterocycles. The topological polar surface area (TPSA) is 78.4 Å². The van der Waals surface area contributed by atoms with Gasteiger partial charge in [-0.2, -0.15) is 0 Å². The van der Waals surface area contributed by atoms with E-state index >= 15 is 0 Å². The lowest BCUT2D eigenvalue weighted by molar-refractivity contribution is 0.269. The molecular weight excluding hydrogens is 239 g/mol. The van der Waals surface area contributed by atoms with Crippen molar-refractivity contribution in [1.82, 2.24) is 9.97 Å². The van der Waals surface area contributed by atoms with Gasteiger partial charge < -0.3 is 19.3 Å². The number of aromatic amines is 1. The van der Waals surface area contributed by atoms with Gasteiger partial charge in [0.05, 0.1) is 12.3 Å². The van der Waals surface area contributed by atoms with Gasteiger partial charge in [-0.1, -0.05) is 20.3 Å². The summed E-state index contributed by atoms with van der Waals surface area (Å²) in [6.07, 6.45) is 6.63. The largest absolute Gasteiger partial charge is 0.348 e. The summed E-state index contributed by atoms with van der Waals surface area (Å²) in [5, 5.41) is 0. The summed E-state index contributed by atoms with van der Waals surface area (Å²) in [7, 11) is -2.10. The van der Waals surface area contributed by atoms with E-state index in [0.29, 0.717) is 6.61 Å². The lowest BCUT2D eigenvalue weighted by Crippen LogP contribution is -1.86. The van der Waals surface area contributed by atoms with Crippen LogP contribution in [-0.4, -0.2) is 26.4 Å². The summed E-state index contributed by atoms with van der Waals surface area (Å²) >= 11 is 0. The zero-order valence-electron chi connectivity index (χ0n) is 10.8. The van der Waals surface area contributed by atoms with Gasteiger partial charge >= 0.3 is 8.60 Å². The van der Waals surface area contributed by atoms with Crippen LogP contribution >= 0.6 is 8.60 Å². The first-order valence-corrected chi connectivity index (χ1v) is 7.14. The van der Waals surface area contributed by atoms with Crippen LogP contribution in [0.1, 0.15) is 45.1 Å². The molecule has 0 bridgehead atoms. The first-order chi connectivity index (χ1) is 8.13. The van der Waals surface area contributed by atoms with Crippen molar-refractivity contribution in [3.63, 3.8) is 0 Å². The van der Waals surface area contributed by atoms with E-state index in [4.69, 9.17) is 9.79 Å². The first kappa shape index (κ1) is 16.5. The third kappa shape index (κ3) is 9.24. The van der Waals surface area contributed by atoms with E-state index in [9.17, 15) is 0 Å². The van der Waals surface area contributed by atoms with Gasteiger partial charge in [-0.15, -0.1) is 0 Å². The molecule has 0 amide bonds. The Morgan fingerprint density at radius 3 is 2.41 bits per heavy atom. The van der Waals surface area contributed by atoms with Crippen molar-refractivity contribution < 1.29 is 14.3 Å². The van der Waals surface area contributed by atoms with Gasteiger partial charge in [0.15, 0.2) is 0 Å². The minimum absolute atomic E-state index is 0.360. The van der Waals surface area contributed by atoms with Crippen LogP contribution in [0.4, 0.5) is 0 Å². The molecule has 1 rings (SSSR count). The number of aryl methyl sites for hydroxylation is 2. The molecule has 3 N–H and O–H groups in total. The maximum Gasteiger partial charge on any atom is 0.327 e. The molecular formula is C11H23N2O3P. The summed E-state index contributed by atoms with van der Waals surface area (Å²) in [6.45, 7) is 6.37. The van der Waals surface area contributed by atoms with E-state index < -0.39 is 8.60 Å². The number of nitrogens with one attached hydrogen (secondary N) is 1. The number of hydrogen-bond acceptors (Lipinski definition) is 4. The molecule has 0 aromatic carbocycles. The second-order valence-electron chi connectivity index (χ2n) is 3.47. The fraction of sp³-hybridized carbons (Fsp3) is 0.727. The van der Waals surface area contributed by atoms with Gasteiger partial charge in [-0.25, -0.2) is 4.98 Å². The maximum absolute atomic E-state index is 7.95. The molecule has 0 radical (unpaired) electrons. The summed E-state index contributed by atoms with van der Waals surface area (Å²) in [5.74, 6) is 1.11. The second kappa shape index (κ2) is 10.7. The van der Waals surface area contributed by atoms with Crippen molar-refractivity contribution in [1.29, 1.82) is 0 Å². The van der Waals surface area contributed by atoms with E-state index in [2.05, 4.69) is 28.3 Å². The molecule has 1 aromatic rings. The lowest BCUT2D eigenvalue weighted by atomic mass is 10.2. The first-order valence-electron chi connectivity index (χ1n) is 5.97. The highest BCUT2D eigenvalue weighted by Crippen LogP contribution is 2.22. The predicted molar refractivity (Wildman–Crippen MR) is 69.6 cm³/mol. The predicted octanol–water partition coefficient (Wildman–Crippen LogP) is 2.55. The van der Waals surface area contributed by atoms with E-state index in [1.54, 1.807) is 6.92 Å². The Labute approximate surface area is 104 Å². The second-order valence-corrected chi connectivity index (χ2v) is 4.23. The third-order valence-corrected chi connectivity index (χ3v) is 2.54. The Balaban J connectivity index is 0.000000366. The molecule has 5 nitrogen and oxygen atoms in total. The number of H-pyrrole nitrogens is 1. The number of hydrogen-bond donors (Lipinski definition) is 3. The molecule has 0 fully saturated rings. The van der Waals surface area contributed by atoms with Crippen LogP contribution in [0.2, 0.25) is 0 Å². The zero-order chi connectivity index (χ0) is 13.1. The monoisotopic (exact) mass is 262 g/mol. The average Bonchev–Trinajstić information content (AvgIpc) is 2.75. The van der Waals surface area contributed by atoms with E-state index in [-0.39, 0.29) is 0 Å². The highest BCUT2D eigenvalue weighted by atomic mass is 31.2. The molecule has 0 aliphatic rings. The van der Waals surface area contributed by atoms with E-state index in [1.165, 1.54) is 18.5 Å². The SMILES string of the molecule is CCCCc1c[nH]c(CC)n1.CCOP(O)O. The van der Waals surface area contributed by atoms with Crippen molar-refractivity contribution in [3.8, 4) is 0 Å². The van der Waals surface area contributed by atoms with E-state index in [1.807, 2.05) is 6.20 Å². The smallest absolute Gasteiger partial charge is 0.327 e. The average molecular weight is 262 g/mol. The molecule has 17 heavy (non-hydrogen) atoms. The molecule has 0 aliphatic carbocycles. The van der Waals surface area contributed by atoms with Gasteiger partial charge in [-0.3, -0.25) is 0 Å². The molecule has 0 atom stereocenters. The highest BCUT2D eigenvalue weighted by molar-refractivity contribution is 7.39. The molecule has 100 valence electrons. The molecule has 0 aliphatic heterocycles. The van der Waals surface area contributed by atoms with Crippen LogP contribution in [0.25, 0.3) is 0 Å². The van der Waals surface area contributed by atoms with Gasteiger partial charge in [-0.05, 0) is 19.8 Å². The quantitative estimate of drug-likeness (QED) is 0.688. The maximum atomic E-state index is 7.95. The molecule has 0 unspecified atom stereocenters. The van der Waals surface area contributed by atoms with Crippen molar-refractivity contribution >= 4 is 8.60 Å². The lowest BCUT2D eigenvalue weighted by Gasteiger charge is -1.95. The molecule has 0 saturated carbocycles. The number of imidazole rings is 1. The Bertz CT molecular complexity index is 279. The van der Waals surface area contributed by atoms with E-state index in [0.717, 1.165) is 18.7 Å². The van der Waals surface area contributed by atoms with Gasteiger partial charge in [0.25, 0.3) is 0 Å². The van der Waals surface area contributed by atoms with Crippen LogP contribution in [0.15, 0.2) is 6.20 Å². The number of nitrogens with zero attached hydrogens (tertiary/aromatic N) is 1. The Morgan fingerprint density at radius 1 is 1.35 bits per heavy atom. The summed E-state index contributed by atoms with van der Waals surface area (Å²) < 4.78 is 4.22. The van der Waals surface area contributed by atoms with Crippen molar-refractivity contribution in [2.75, 3.05) is 6.61 Å². The Kier molecular flexibility index (Phi) is 10.4. The van der Waals surface area contributed by atoms with Crippen LogP contribution < -0.4 is 0 Å². The number of unbranched alkanes of at least 4 members (excludes halogenated alkanes) is 1. The third-order valence-electron chi connectivity index (χ3n) is 2.05. The summed E-state index contributed by atoms with van der Waals surface area (Å²) in [5.41, 5.74) is 1.21. The molecule has 1 aromatic heterocycles. The standard InChI is InChI=1S/C9H16N2.C2H7O3P/c1-3-5-6-8-7-10-9(4-2)11-8;1-2-5-6(3)4/h7H,3-6H2,1-2H3,(H,10,11);3-4H,2H2,1H3. The fourth-order valence-corrected chi connectivity index (χ4v) is 1.42. The number of rotatable bonds is 6. The number of aromatic nitrogens is 2. The van der Waals surface area contributed by atoms with Crippen molar-refractivity contribution in [2.45, 2.75) is 46.5 Å². The highest BCUT2D eigenvalue weighted by Gasteiger charge is 1.97. The summed E-state index contributed by atoms with van der Waals surface area (Å²) in [4.78, 5) is 23.5. The Morgan fingerprint density at radius 2 is 2.06 bits per heavy atom.